The summed E-state index contributed by atoms with van der Waals surface area (Å²) in [6, 6.07) is 4.28. The van der Waals surface area contributed by atoms with Gasteiger partial charge in [-0.15, -0.1) is 0 Å². The van der Waals surface area contributed by atoms with E-state index in [1.54, 1.807) is 6.07 Å². The molecular formula is C11H12F2O2. The molecule has 1 aliphatic heterocycles. The molecule has 82 valence electrons. The summed E-state index contributed by atoms with van der Waals surface area (Å²) in [6.45, 7) is -0.518. The summed E-state index contributed by atoms with van der Waals surface area (Å²) in [5.41, 5.74) is 0.654. The lowest BCUT2D eigenvalue weighted by atomic mass is 10.0. The zero-order valence-electron chi connectivity index (χ0n) is 8.17. The molecule has 1 aliphatic rings. The normalized spacial score (nSPS) is 15.7. The fourth-order valence-corrected chi connectivity index (χ4v) is 1.68. The molecule has 0 spiro atoms. The molecule has 0 unspecified atom stereocenters. The average molecular weight is 214 g/mol. The fraction of sp³-hybridized carbons (Fsp3) is 0.455. The molecule has 1 aromatic rings. The van der Waals surface area contributed by atoms with E-state index in [0.29, 0.717) is 12.4 Å². The van der Waals surface area contributed by atoms with E-state index in [1.165, 1.54) is 12.1 Å². The third kappa shape index (κ3) is 1.95. The van der Waals surface area contributed by atoms with Crippen molar-refractivity contribution in [3.05, 3.63) is 29.3 Å². The zero-order chi connectivity index (χ0) is 10.9. The number of hydrogen-bond donors (Lipinski definition) is 1. The molecule has 1 aromatic carbocycles. The first-order chi connectivity index (χ1) is 7.13. The van der Waals surface area contributed by atoms with Gasteiger partial charge in [0.1, 0.15) is 12.4 Å². The number of rotatable bonds is 2. The summed E-state index contributed by atoms with van der Waals surface area (Å²) >= 11 is 0. The highest BCUT2D eigenvalue weighted by atomic mass is 19.3. The highest BCUT2D eigenvalue weighted by Gasteiger charge is 2.31. The number of benzene rings is 1. The topological polar surface area (TPSA) is 29.5 Å². The van der Waals surface area contributed by atoms with Crippen LogP contribution in [0.1, 0.15) is 17.5 Å². The van der Waals surface area contributed by atoms with Crippen molar-refractivity contribution in [1.29, 1.82) is 0 Å². The van der Waals surface area contributed by atoms with Gasteiger partial charge in [0.25, 0.3) is 5.92 Å². The smallest absolute Gasteiger partial charge is 0.295 e. The van der Waals surface area contributed by atoms with Crippen LogP contribution in [0.2, 0.25) is 0 Å². The SMILES string of the molecule is OCC(F)(F)c1ccc2c(c1)CCCO2. The number of fused-ring (bicyclic) bond motifs is 1. The van der Waals surface area contributed by atoms with E-state index in [1.807, 2.05) is 0 Å². The van der Waals surface area contributed by atoms with Gasteiger partial charge in [0.2, 0.25) is 0 Å². The molecular weight excluding hydrogens is 202 g/mol. The van der Waals surface area contributed by atoms with E-state index in [-0.39, 0.29) is 5.56 Å². The third-order valence-corrected chi connectivity index (χ3v) is 2.53. The van der Waals surface area contributed by atoms with E-state index in [2.05, 4.69) is 0 Å². The van der Waals surface area contributed by atoms with Gasteiger partial charge in [0.05, 0.1) is 6.61 Å². The third-order valence-electron chi connectivity index (χ3n) is 2.53. The molecule has 0 saturated carbocycles. The Labute approximate surface area is 86.5 Å². The molecule has 1 N–H and O–H groups in total. The van der Waals surface area contributed by atoms with Crippen LogP contribution in [0, 0.1) is 0 Å². The largest absolute Gasteiger partial charge is 0.493 e. The first-order valence-electron chi connectivity index (χ1n) is 4.88. The second-order valence-corrected chi connectivity index (χ2v) is 3.64. The Morgan fingerprint density at radius 1 is 1.40 bits per heavy atom. The minimum atomic E-state index is -3.16. The highest BCUT2D eigenvalue weighted by molar-refractivity contribution is 5.40. The van der Waals surface area contributed by atoms with E-state index in [4.69, 9.17) is 9.84 Å². The minimum Gasteiger partial charge on any atom is -0.493 e. The standard InChI is InChI=1S/C11H12F2O2/c12-11(13,7-14)9-3-4-10-8(6-9)2-1-5-15-10/h3-4,6,14H,1-2,5,7H2. The van der Waals surface area contributed by atoms with Crippen molar-refractivity contribution in [2.75, 3.05) is 13.2 Å². The summed E-state index contributed by atoms with van der Waals surface area (Å²) in [5, 5.41) is 8.57. The van der Waals surface area contributed by atoms with Crippen molar-refractivity contribution in [2.45, 2.75) is 18.8 Å². The van der Waals surface area contributed by atoms with E-state index in [9.17, 15) is 8.78 Å². The van der Waals surface area contributed by atoms with Gasteiger partial charge in [-0.3, -0.25) is 0 Å². The lowest BCUT2D eigenvalue weighted by molar-refractivity contribution is -0.0557. The van der Waals surface area contributed by atoms with E-state index >= 15 is 0 Å². The van der Waals surface area contributed by atoms with Gasteiger partial charge in [0.15, 0.2) is 0 Å². The predicted molar refractivity (Wildman–Crippen MR) is 51.2 cm³/mol. The summed E-state index contributed by atoms with van der Waals surface area (Å²) in [7, 11) is 0. The average Bonchev–Trinajstić information content (AvgIpc) is 2.28. The van der Waals surface area contributed by atoms with Gasteiger partial charge in [-0.25, -0.2) is 0 Å². The summed E-state index contributed by atoms with van der Waals surface area (Å²) < 4.78 is 31.6. The molecule has 0 bridgehead atoms. The van der Waals surface area contributed by atoms with Crippen LogP contribution in [0.3, 0.4) is 0 Å². The fourth-order valence-electron chi connectivity index (χ4n) is 1.68. The van der Waals surface area contributed by atoms with Crippen molar-refractivity contribution in [1.82, 2.24) is 0 Å². The number of aliphatic hydroxyl groups excluding tert-OH is 1. The molecule has 0 amide bonds. The number of aliphatic hydroxyl groups is 1. The van der Waals surface area contributed by atoms with Gasteiger partial charge in [-0.1, -0.05) is 0 Å². The van der Waals surface area contributed by atoms with E-state index < -0.39 is 12.5 Å². The van der Waals surface area contributed by atoms with Crippen molar-refractivity contribution in [3.8, 4) is 5.75 Å². The van der Waals surface area contributed by atoms with Crippen molar-refractivity contribution in [3.63, 3.8) is 0 Å². The number of aryl methyl sites for hydroxylation is 1. The molecule has 1 heterocycles. The summed E-state index contributed by atoms with van der Waals surface area (Å²) in [6.07, 6.45) is 1.60. The molecule has 0 aliphatic carbocycles. The Balaban J connectivity index is 2.36. The molecule has 4 heteroatoms. The second-order valence-electron chi connectivity index (χ2n) is 3.64. The zero-order valence-corrected chi connectivity index (χ0v) is 8.17. The van der Waals surface area contributed by atoms with Crippen LogP contribution in [-0.2, 0) is 12.3 Å². The molecule has 2 rings (SSSR count). The van der Waals surface area contributed by atoms with Gasteiger partial charge in [0, 0.05) is 5.56 Å². The van der Waals surface area contributed by atoms with Crippen LogP contribution in [0.4, 0.5) is 8.78 Å². The Bertz CT molecular complexity index is 364. The van der Waals surface area contributed by atoms with Crippen LogP contribution < -0.4 is 4.74 Å². The van der Waals surface area contributed by atoms with Crippen molar-refractivity contribution in [2.24, 2.45) is 0 Å². The molecule has 0 saturated heterocycles. The maximum atomic E-state index is 13.2. The molecule has 0 atom stereocenters. The number of halogens is 2. The minimum absolute atomic E-state index is 0.144. The van der Waals surface area contributed by atoms with Crippen LogP contribution in [-0.4, -0.2) is 18.3 Å². The lowest BCUT2D eigenvalue weighted by Crippen LogP contribution is -2.19. The first-order valence-corrected chi connectivity index (χ1v) is 4.88. The molecule has 0 fully saturated rings. The number of ether oxygens (including phenoxy) is 1. The Morgan fingerprint density at radius 2 is 2.20 bits per heavy atom. The molecule has 0 aromatic heterocycles. The molecule has 0 radical (unpaired) electrons. The predicted octanol–water partition coefficient (Wildman–Crippen LogP) is 2.10. The molecule has 15 heavy (non-hydrogen) atoms. The van der Waals surface area contributed by atoms with Crippen molar-refractivity contribution < 1.29 is 18.6 Å². The Kier molecular flexibility index (Phi) is 2.61. The first kappa shape index (κ1) is 10.4. The number of hydrogen-bond acceptors (Lipinski definition) is 2. The highest BCUT2D eigenvalue weighted by Crippen LogP contribution is 2.32. The molecule has 2 nitrogen and oxygen atoms in total. The van der Waals surface area contributed by atoms with Gasteiger partial charge >= 0.3 is 0 Å². The Morgan fingerprint density at radius 3 is 2.93 bits per heavy atom. The maximum absolute atomic E-state index is 13.2. The van der Waals surface area contributed by atoms with Crippen molar-refractivity contribution >= 4 is 0 Å². The van der Waals surface area contributed by atoms with Crippen LogP contribution in [0.25, 0.3) is 0 Å². The van der Waals surface area contributed by atoms with Crippen LogP contribution in [0.5, 0.6) is 5.75 Å². The van der Waals surface area contributed by atoms with Crippen LogP contribution >= 0.6 is 0 Å². The van der Waals surface area contributed by atoms with Crippen LogP contribution in [0.15, 0.2) is 18.2 Å². The number of alkyl halides is 2. The van der Waals surface area contributed by atoms with Gasteiger partial charge in [-0.2, -0.15) is 8.78 Å². The quantitative estimate of drug-likeness (QED) is 0.816. The summed E-state index contributed by atoms with van der Waals surface area (Å²) in [4.78, 5) is 0. The Hall–Kier alpha value is -1.16. The maximum Gasteiger partial charge on any atom is 0.295 e. The second kappa shape index (κ2) is 3.77. The van der Waals surface area contributed by atoms with Gasteiger partial charge in [-0.05, 0) is 36.6 Å². The van der Waals surface area contributed by atoms with Gasteiger partial charge < -0.3 is 9.84 Å². The summed E-state index contributed by atoms with van der Waals surface area (Å²) in [5.74, 6) is -2.48. The monoisotopic (exact) mass is 214 g/mol. The lowest BCUT2D eigenvalue weighted by Gasteiger charge is -2.20. The van der Waals surface area contributed by atoms with E-state index in [0.717, 1.165) is 18.4 Å².